The summed E-state index contributed by atoms with van der Waals surface area (Å²) in [5, 5.41) is 2.48. The number of hydrogen-bond acceptors (Lipinski definition) is 4. The molecule has 1 rings (SSSR count). The van der Waals surface area contributed by atoms with Gasteiger partial charge in [0, 0.05) is 12.2 Å². The van der Waals surface area contributed by atoms with Crippen molar-refractivity contribution in [3.63, 3.8) is 0 Å². The van der Waals surface area contributed by atoms with Gasteiger partial charge in [-0.25, -0.2) is 4.39 Å². The lowest BCUT2D eigenvalue weighted by Crippen LogP contribution is -2.29. The Labute approximate surface area is 103 Å². The lowest BCUT2D eigenvalue weighted by atomic mass is 10.1. The number of nitrogens with one attached hydrogen (secondary N) is 1. The highest BCUT2D eigenvalue weighted by Gasteiger charge is 2.10. The van der Waals surface area contributed by atoms with Crippen LogP contribution in [0.5, 0.6) is 0 Å². The smallest absolute Gasteiger partial charge is 0.253 e. The van der Waals surface area contributed by atoms with Crippen LogP contribution in [0, 0.1) is 5.82 Å². The van der Waals surface area contributed by atoms with Gasteiger partial charge in [0.05, 0.1) is 12.2 Å². The number of primary amides is 1. The van der Waals surface area contributed by atoms with Gasteiger partial charge < -0.3 is 21.5 Å². The van der Waals surface area contributed by atoms with Crippen LogP contribution < -0.4 is 16.8 Å². The van der Waals surface area contributed by atoms with Crippen molar-refractivity contribution in [1.29, 1.82) is 0 Å². The van der Waals surface area contributed by atoms with Crippen molar-refractivity contribution in [2.24, 2.45) is 5.73 Å². The maximum absolute atomic E-state index is 12.9. The van der Waals surface area contributed by atoms with E-state index in [-0.39, 0.29) is 31.0 Å². The zero-order valence-electron chi connectivity index (χ0n) is 9.61. The number of nitrogen functional groups attached to an aromatic ring is 1. The van der Waals surface area contributed by atoms with Gasteiger partial charge in [0.2, 0.25) is 5.91 Å². The van der Waals surface area contributed by atoms with Crippen LogP contribution >= 0.6 is 0 Å². The Balaban J connectivity index is 2.41. The molecule has 0 aliphatic rings. The van der Waals surface area contributed by atoms with Crippen LogP contribution in [-0.2, 0) is 9.53 Å². The molecule has 0 radical (unpaired) electrons. The van der Waals surface area contributed by atoms with Gasteiger partial charge in [0.25, 0.3) is 5.91 Å². The highest BCUT2D eigenvalue weighted by atomic mass is 19.1. The second kappa shape index (κ2) is 6.55. The fraction of sp³-hybridized carbons (Fsp3) is 0.273. The fourth-order valence-corrected chi connectivity index (χ4v) is 1.23. The van der Waals surface area contributed by atoms with Crippen molar-refractivity contribution in [2.45, 2.75) is 0 Å². The average molecular weight is 255 g/mol. The predicted molar refractivity (Wildman–Crippen MR) is 63.2 cm³/mol. The maximum Gasteiger partial charge on any atom is 0.253 e. The Morgan fingerprint density at radius 1 is 1.39 bits per heavy atom. The van der Waals surface area contributed by atoms with Gasteiger partial charge in [0.1, 0.15) is 12.4 Å². The summed E-state index contributed by atoms with van der Waals surface area (Å²) in [7, 11) is 0. The summed E-state index contributed by atoms with van der Waals surface area (Å²) in [6.07, 6.45) is 0. The van der Waals surface area contributed by atoms with Crippen molar-refractivity contribution in [3.05, 3.63) is 29.6 Å². The number of carbonyl (C=O) groups is 2. The molecule has 0 bridgehead atoms. The molecule has 0 aromatic heterocycles. The molecule has 0 heterocycles. The lowest BCUT2D eigenvalue weighted by Gasteiger charge is -2.07. The average Bonchev–Trinajstić information content (AvgIpc) is 2.31. The van der Waals surface area contributed by atoms with Gasteiger partial charge in [0.15, 0.2) is 0 Å². The molecule has 0 aliphatic heterocycles. The number of ether oxygens (including phenoxy) is 1. The van der Waals surface area contributed by atoms with E-state index in [2.05, 4.69) is 5.32 Å². The van der Waals surface area contributed by atoms with E-state index in [4.69, 9.17) is 16.2 Å². The summed E-state index contributed by atoms with van der Waals surface area (Å²) < 4.78 is 17.8. The van der Waals surface area contributed by atoms with E-state index in [1.807, 2.05) is 0 Å². The largest absolute Gasteiger partial charge is 0.398 e. The summed E-state index contributed by atoms with van der Waals surface area (Å²) in [5.41, 5.74) is 10.6. The molecule has 0 saturated heterocycles. The van der Waals surface area contributed by atoms with E-state index >= 15 is 0 Å². The fourth-order valence-electron chi connectivity index (χ4n) is 1.23. The topological polar surface area (TPSA) is 107 Å². The molecule has 98 valence electrons. The molecule has 18 heavy (non-hydrogen) atoms. The second-order valence-corrected chi connectivity index (χ2v) is 3.51. The third kappa shape index (κ3) is 4.38. The Morgan fingerprint density at radius 2 is 2.11 bits per heavy atom. The van der Waals surface area contributed by atoms with Gasteiger partial charge in [-0.2, -0.15) is 0 Å². The van der Waals surface area contributed by atoms with Crippen LogP contribution in [0.3, 0.4) is 0 Å². The zero-order valence-corrected chi connectivity index (χ0v) is 9.61. The molecule has 0 fully saturated rings. The SMILES string of the molecule is NC(=O)COCCNC(=O)c1cc(F)ccc1N. The van der Waals surface area contributed by atoms with E-state index < -0.39 is 17.6 Å². The van der Waals surface area contributed by atoms with Crippen LogP contribution in [0.25, 0.3) is 0 Å². The molecule has 0 spiro atoms. The molecule has 2 amide bonds. The highest BCUT2D eigenvalue weighted by Crippen LogP contribution is 2.12. The van der Waals surface area contributed by atoms with Crippen LogP contribution in [0.2, 0.25) is 0 Å². The Hall–Kier alpha value is -2.15. The number of carbonyl (C=O) groups excluding carboxylic acids is 2. The number of benzene rings is 1. The van der Waals surface area contributed by atoms with Crippen molar-refractivity contribution >= 4 is 17.5 Å². The minimum Gasteiger partial charge on any atom is -0.398 e. The third-order valence-electron chi connectivity index (χ3n) is 2.04. The Morgan fingerprint density at radius 3 is 2.78 bits per heavy atom. The first kappa shape index (κ1) is 13.9. The van der Waals surface area contributed by atoms with Crippen LogP contribution in [0.15, 0.2) is 18.2 Å². The Bertz CT molecular complexity index is 451. The van der Waals surface area contributed by atoms with Gasteiger partial charge in [-0.3, -0.25) is 9.59 Å². The standard InChI is InChI=1S/C11H14FN3O3/c12-7-1-2-9(13)8(5-7)11(17)15-3-4-18-6-10(14)16/h1-2,5H,3-4,6,13H2,(H2,14,16)(H,15,17). The van der Waals surface area contributed by atoms with Crippen molar-refractivity contribution in [1.82, 2.24) is 5.32 Å². The Kier molecular flexibility index (Phi) is 5.06. The molecule has 7 heteroatoms. The molecule has 1 aromatic rings. The van der Waals surface area contributed by atoms with E-state index in [9.17, 15) is 14.0 Å². The van der Waals surface area contributed by atoms with Crippen LogP contribution in [0.4, 0.5) is 10.1 Å². The van der Waals surface area contributed by atoms with E-state index in [0.29, 0.717) is 0 Å². The van der Waals surface area contributed by atoms with Gasteiger partial charge in [-0.1, -0.05) is 0 Å². The molecule has 0 aliphatic carbocycles. The number of amides is 2. The normalized spacial score (nSPS) is 10.1. The monoisotopic (exact) mass is 255 g/mol. The molecule has 6 nitrogen and oxygen atoms in total. The van der Waals surface area contributed by atoms with Crippen LogP contribution in [0.1, 0.15) is 10.4 Å². The number of nitrogens with two attached hydrogens (primary N) is 2. The maximum atomic E-state index is 12.9. The minimum absolute atomic E-state index is 0.0601. The molecule has 5 N–H and O–H groups in total. The van der Waals surface area contributed by atoms with Gasteiger partial charge >= 0.3 is 0 Å². The second-order valence-electron chi connectivity index (χ2n) is 3.51. The summed E-state index contributed by atoms with van der Waals surface area (Å²) in [6, 6.07) is 3.53. The van der Waals surface area contributed by atoms with Gasteiger partial charge in [-0.15, -0.1) is 0 Å². The first-order valence-electron chi connectivity index (χ1n) is 5.20. The summed E-state index contributed by atoms with van der Waals surface area (Å²) in [4.78, 5) is 22.0. The first-order chi connectivity index (χ1) is 8.50. The minimum atomic E-state index is -0.587. The molecule has 0 atom stereocenters. The molecule has 0 saturated carbocycles. The predicted octanol–water partition coefficient (Wildman–Crippen LogP) is -0.360. The highest BCUT2D eigenvalue weighted by molar-refractivity contribution is 5.99. The molecule has 0 unspecified atom stereocenters. The number of halogens is 1. The molecular formula is C11H14FN3O3. The van der Waals surface area contributed by atoms with E-state index in [0.717, 1.165) is 6.07 Å². The van der Waals surface area contributed by atoms with Gasteiger partial charge in [-0.05, 0) is 18.2 Å². The van der Waals surface area contributed by atoms with Crippen molar-refractivity contribution < 1.29 is 18.7 Å². The summed E-state index contributed by atoms with van der Waals surface area (Å²) >= 11 is 0. The van der Waals surface area contributed by atoms with E-state index in [1.165, 1.54) is 12.1 Å². The quantitative estimate of drug-likeness (QED) is 0.476. The molecule has 1 aromatic carbocycles. The summed E-state index contributed by atoms with van der Waals surface area (Å²) in [6.45, 7) is 0.0872. The lowest BCUT2D eigenvalue weighted by molar-refractivity contribution is -0.122. The third-order valence-corrected chi connectivity index (χ3v) is 2.04. The number of rotatable bonds is 6. The zero-order chi connectivity index (χ0) is 13.5. The number of hydrogen-bond donors (Lipinski definition) is 3. The summed E-state index contributed by atoms with van der Waals surface area (Å²) in [5.74, 6) is -1.63. The van der Waals surface area contributed by atoms with E-state index in [1.54, 1.807) is 0 Å². The van der Waals surface area contributed by atoms with Crippen molar-refractivity contribution in [3.8, 4) is 0 Å². The molecular weight excluding hydrogens is 241 g/mol. The first-order valence-corrected chi connectivity index (χ1v) is 5.20. The number of anilines is 1. The van der Waals surface area contributed by atoms with Crippen LogP contribution in [-0.4, -0.2) is 31.6 Å². The van der Waals surface area contributed by atoms with Crippen molar-refractivity contribution in [2.75, 3.05) is 25.5 Å².